The SMILES string of the molecule is O=C(O)C(CO)NCCc1ccc2c(c1)CCCN2. The molecule has 2 rings (SSSR count). The van der Waals surface area contributed by atoms with Crippen molar-refractivity contribution in [3.63, 3.8) is 0 Å². The molecular formula is C14H20N2O3. The Bertz CT molecular complexity index is 448. The second kappa shape index (κ2) is 6.54. The second-order valence-corrected chi connectivity index (χ2v) is 4.80. The normalized spacial score (nSPS) is 15.4. The lowest BCUT2D eigenvalue weighted by Gasteiger charge is -2.19. The Kier molecular flexibility index (Phi) is 4.76. The van der Waals surface area contributed by atoms with E-state index in [0.717, 1.165) is 25.8 Å². The number of hydrogen-bond acceptors (Lipinski definition) is 4. The van der Waals surface area contributed by atoms with Crippen LogP contribution in [0.3, 0.4) is 0 Å². The third kappa shape index (κ3) is 3.68. The summed E-state index contributed by atoms with van der Waals surface area (Å²) in [6.07, 6.45) is 3.01. The van der Waals surface area contributed by atoms with Gasteiger partial charge in [0.2, 0.25) is 0 Å². The van der Waals surface area contributed by atoms with Crippen molar-refractivity contribution >= 4 is 11.7 Å². The van der Waals surface area contributed by atoms with Crippen LogP contribution in [-0.2, 0) is 17.6 Å². The number of carboxylic acid groups (broad SMARTS) is 1. The summed E-state index contributed by atoms with van der Waals surface area (Å²) in [4.78, 5) is 10.7. The van der Waals surface area contributed by atoms with E-state index in [1.807, 2.05) is 0 Å². The number of fused-ring (bicyclic) bond motifs is 1. The molecule has 0 bridgehead atoms. The smallest absolute Gasteiger partial charge is 0.323 e. The Morgan fingerprint density at radius 2 is 2.32 bits per heavy atom. The zero-order chi connectivity index (χ0) is 13.7. The van der Waals surface area contributed by atoms with Gasteiger partial charge in [0.25, 0.3) is 0 Å². The van der Waals surface area contributed by atoms with E-state index in [4.69, 9.17) is 10.2 Å². The average Bonchev–Trinajstić information content (AvgIpc) is 2.43. The Morgan fingerprint density at radius 1 is 1.47 bits per heavy atom. The molecule has 1 aliphatic heterocycles. The molecule has 0 aliphatic carbocycles. The van der Waals surface area contributed by atoms with Gasteiger partial charge in [-0.15, -0.1) is 0 Å². The molecule has 19 heavy (non-hydrogen) atoms. The number of carbonyl (C=O) groups is 1. The third-order valence-corrected chi connectivity index (χ3v) is 3.39. The third-order valence-electron chi connectivity index (χ3n) is 3.39. The Hall–Kier alpha value is -1.59. The van der Waals surface area contributed by atoms with Gasteiger partial charge in [0, 0.05) is 18.8 Å². The van der Waals surface area contributed by atoms with E-state index in [0.29, 0.717) is 6.54 Å². The number of rotatable bonds is 6. The zero-order valence-corrected chi connectivity index (χ0v) is 10.9. The number of carboxylic acids is 1. The van der Waals surface area contributed by atoms with Gasteiger partial charge in [-0.2, -0.15) is 0 Å². The summed E-state index contributed by atoms with van der Waals surface area (Å²) in [5.41, 5.74) is 3.74. The highest BCUT2D eigenvalue weighted by Crippen LogP contribution is 2.22. The predicted octanol–water partition coefficient (Wildman–Crippen LogP) is 0.622. The van der Waals surface area contributed by atoms with Crippen LogP contribution in [0, 0.1) is 0 Å². The number of aryl methyl sites for hydroxylation is 1. The maximum atomic E-state index is 10.7. The number of nitrogens with one attached hydrogen (secondary N) is 2. The van der Waals surface area contributed by atoms with Crippen LogP contribution in [0.5, 0.6) is 0 Å². The van der Waals surface area contributed by atoms with Crippen LogP contribution in [0.4, 0.5) is 5.69 Å². The standard InChI is InChI=1S/C14H20N2O3/c17-9-13(14(18)19)16-7-5-10-3-4-12-11(8-10)2-1-6-15-12/h3-4,8,13,15-17H,1-2,5-7,9H2,(H,18,19). The van der Waals surface area contributed by atoms with Crippen LogP contribution in [-0.4, -0.2) is 41.9 Å². The number of aliphatic hydroxyl groups excluding tert-OH is 1. The van der Waals surface area contributed by atoms with Gasteiger partial charge in [-0.25, -0.2) is 0 Å². The van der Waals surface area contributed by atoms with Crippen LogP contribution in [0.1, 0.15) is 17.5 Å². The van der Waals surface area contributed by atoms with Gasteiger partial charge in [0.05, 0.1) is 6.61 Å². The summed E-state index contributed by atoms with van der Waals surface area (Å²) in [5, 5.41) is 23.9. The maximum Gasteiger partial charge on any atom is 0.323 e. The first-order chi connectivity index (χ1) is 9.20. The number of anilines is 1. The van der Waals surface area contributed by atoms with Crippen LogP contribution < -0.4 is 10.6 Å². The van der Waals surface area contributed by atoms with E-state index in [1.165, 1.54) is 16.8 Å². The highest BCUT2D eigenvalue weighted by Gasteiger charge is 2.14. The predicted molar refractivity (Wildman–Crippen MR) is 73.5 cm³/mol. The Balaban J connectivity index is 1.88. The van der Waals surface area contributed by atoms with Crippen molar-refractivity contribution < 1.29 is 15.0 Å². The molecule has 5 heteroatoms. The minimum absolute atomic E-state index is 0.385. The van der Waals surface area contributed by atoms with E-state index in [9.17, 15) is 4.79 Å². The molecule has 0 saturated heterocycles. The van der Waals surface area contributed by atoms with Crippen molar-refractivity contribution in [2.75, 3.05) is 25.0 Å². The summed E-state index contributed by atoms with van der Waals surface area (Å²) in [6.45, 7) is 1.19. The van der Waals surface area contributed by atoms with Gasteiger partial charge in [0.15, 0.2) is 0 Å². The molecule has 5 nitrogen and oxygen atoms in total. The summed E-state index contributed by atoms with van der Waals surface area (Å²) in [7, 11) is 0. The molecule has 1 aromatic rings. The van der Waals surface area contributed by atoms with Gasteiger partial charge < -0.3 is 20.8 Å². The summed E-state index contributed by atoms with van der Waals surface area (Å²) in [5.74, 6) is -1.02. The molecule has 0 spiro atoms. The molecule has 1 aliphatic rings. The van der Waals surface area contributed by atoms with Crippen molar-refractivity contribution in [1.29, 1.82) is 0 Å². The lowest BCUT2D eigenvalue weighted by Crippen LogP contribution is -2.40. The topological polar surface area (TPSA) is 81.6 Å². The Labute approximate surface area is 112 Å². The molecular weight excluding hydrogens is 244 g/mol. The summed E-state index contributed by atoms with van der Waals surface area (Å²) in [6, 6.07) is 5.45. The van der Waals surface area contributed by atoms with Crippen molar-refractivity contribution in [3.8, 4) is 0 Å². The van der Waals surface area contributed by atoms with Gasteiger partial charge in [-0.1, -0.05) is 12.1 Å². The highest BCUT2D eigenvalue weighted by atomic mass is 16.4. The second-order valence-electron chi connectivity index (χ2n) is 4.80. The summed E-state index contributed by atoms with van der Waals surface area (Å²) < 4.78 is 0. The Morgan fingerprint density at radius 3 is 3.05 bits per heavy atom. The monoisotopic (exact) mass is 264 g/mol. The maximum absolute atomic E-state index is 10.7. The molecule has 104 valence electrons. The fourth-order valence-corrected chi connectivity index (χ4v) is 2.30. The fourth-order valence-electron chi connectivity index (χ4n) is 2.30. The van der Waals surface area contributed by atoms with Gasteiger partial charge in [0.1, 0.15) is 6.04 Å². The quantitative estimate of drug-likeness (QED) is 0.605. The van der Waals surface area contributed by atoms with Gasteiger partial charge >= 0.3 is 5.97 Å². The van der Waals surface area contributed by atoms with Crippen LogP contribution in [0.25, 0.3) is 0 Å². The first kappa shape index (κ1) is 13.8. The molecule has 1 heterocycles. The largest absolute Gasteiger partial charge is 0.480 e. The first-order valence-electron chi connectivity index (χ1n) is 6.63. The van der Waals surface area contributed by atoms with Gasteiger partial charge in [-0.3, -0.25) is 4.79 Å². The molecule has 0 fully saturated rings. The van der Waals surface area contributed by atoms with E-state index >= 15 is 0 Å². The number of aliphatic carboxylic acids is 1. The molecule has 1 unspecified atom stereocenters. The molecule has 0 radical (unpaired) electrons. The van der Waals surface area contributed by atoms with Crippen LogP contribution in [0.2, 0.25) is 0 Å². The highest BCUT2D eigenvalue weighted by molar-refractivity contribution is 5.73. The molecule has 0 saturated carbocycles. The molecule has 1 atom stereocenters. The minimum Gasteiger partial charge on any atom is -0.480 e. The van der Waals surface area contributed by atoms with E-state index in [2.05, 4.69) is 28.8 Å². The van der Waals surface area contributed by atoms with Crippen LogP contribution in [0.15, 0.2) is 18.2 Å². The fraction of sp³-hybridized carbons (Fsp3) is 0.500. The van der Waals surface area contributed by atoms with Crippen molar-refractivity contribution in [2.24, 2.45) is 0 Å². The number of benzene rings is 1. The van der Waals surface area contributed by atoms with E-state index in [-0.39, 0.29) is 6.61 Å². The van der Waals surface area contributed by atoms with Crippen LogP contribution >= 0.6 is 0 Å². The van der Waals surface area contributed by atoms with E-state index in [1.54, 1.807) is 0 Å². The number of aliphatic hydroxyl groups is 1. The molecule has 4 N–H and O–H groups in total. The average molecular weight is 264 g/mol. The number of hydrogen-bond donors (Lipinski definition) is 4. The first-order valence-corrected chi connectivity index (χ1v) is 6.63. The molecule has 1 aromatic carbocycles. The van der Waals surface area contributed by atoms with Crippen molar-refractivity contribution in [2.45, 2.75) is 25.3 Å². The minimum atomic E-state index is -1.02. The lowest BCUT2D eigenvalue weighted by atomic mass is 9.99. The molecule has 0 aromatic heterocycles. The molecule has 0 amide bonds. The van der Waals surface area contributed by atoms with Crippen molar-refractivity contribution in [1.82, 2.24) is 5.32 Å². The summed E-state index contributed by atoms with van der Waals surface area (Å²) >= 11 is 0. The lowest BCUT2D eigenvalue weighted by molar-refractivity contribution is -0.140. The van der Waals surface area contributed by atoms with E-state index < -0.39 is 12.0 Å². The van der Waals surface area contributed by atoms with Gasteiger partial charge in [-0.05, 0) is 36.5 Å². The zero-order valence-electron chi connectivity index (χ0n) is 10.9. The van der Waals surface area contributed by atoms with Crippen molar-refractivity contribution in [3.05, 3.63) is 29.3 Å².